The van der Waals surface area contributed by atoms with Crippen LogP contribution >= 0.6 is 35.0 Å². The first-order valence-corrected chi connectivity index (χ1v) is 10.5. The molecule has 1 fully saturated rings. The minimum Gasteiger partial charge on any atom is -0.383 e. The summed E-state index contributed by atoms with van der Waals surface area (Å²) in [5, 5.41) is 3.27. The number of carbonyl (C=O) groups is 2. The van der Waals surface area contributed by atoms with Gasteiger partial charge in [-0.25, -0.2) is 0 Å². The van der Waals surface area contributed by atoms with Gasteiger partial charge < -0.3 is 15.0 Å². The molecule has 3 rings (SSSR count). The van der Waals surface area contributed by atoms with Crippen LogP contribution in [0.5, 0.6) is 0 Å². The molecule has 2 unspecified atom stereocenters. The van der Waals surface area contributed by atoms with E-state index in [2.05, 4.69) is 5.32 Å². The number of rotatable bonds is 6. The predicted molar refractivity (Wildman–Crippen MR) is 113 cm³/mol. The lowest BCUT2D eigenvalue weighted by Gasteiger charge is -2.29. The first kappa shape index (κ1) is 21.0. The number of methoxy groups -OCH3 is 1. The molecule has 1 saturated heterocycles. The minimum atomic E-state index is -0.605. The molecule has 0 aromatic heterocycles. The standard InChI is InChI=1S/C20H20Cl2N2O3S/c1-27-10-9-23-18(25)17-12-28-20(13-5-3-2-4-6-13)24(17)19(26)15-8-7-14(21)11-16(15)22/h2-8,11,17,20H,9-10,12H2,1H3,(H,23,25). The second-order valence-electron chi connectivity index (χ2n) is 6.23. The van der Waals surface area contributed by atoms with E-state index < -0.39 is 6.04 Å². The Balaban J connectivity index is 1.92. The van der Waals surface area contributed by atoms with Crippen LogP contribution in [0.4, 0.5) is 0 Å². The maximum Gasteiger partial charge on any atom is 0.257 e. The molecule has 0 saturated carbocycles. The Hall–Kier alpha value is -1.73. The lowest BCUT2D eigenvalue weighted by molar-refractivity contribution is -0.125. The zero-order valence-electron chi connectivity index (χ0n) is 15.2. The number of carbonyl (C=O) groups excluding carboxylic acids is 2. The average molecular weight is 439 g/mol. The van der Waals surface area contributed by atoms with Gasteiger partial charge in [-0.05, 0) is 23.8 Å². The summed E-state index contributed by atoms with van der Waals surface area (Å²) in [4.78, 5) is 27.8. The van der Waals surface area contributed by atoms with Gasteiger partial charge in [-0.1, -0.05) is 53.5 Å². The van der Waals surface area contributed by atoms with Crippen molar-refractivity contribution in [1.82, 2.24) is 10.2 Å². The number of halogens is 2. The van der Waals surface area contributed by atoms with Gasteiger partial charge in [0.05, 0.1) is 17.2 Å². The summed E-state index contributed by atoms with van der Waals surface area (Å²) in [6.45, 7) is 0.793. The summed E-state index contributed by atoms with van der Waals surface area (Å²) in [5.74, 6) is -0.0104. The Morgan fingerprint density at radius 1 is 1.21 bits per heavy atom. The lowest BCUT2D eigenvalue weighted by atomic mass is 10.1. The van der Waals surface area contributed by atoms with Crippen LogP contribution in [-0.2, 0) is 9.53 Å². The van der Waals surface area contributed by atoms with Crippen molar-refractivity contribution < 1.29 is 14.3 Å². The second kappa shape index (κ2) is 9.65. The summed E-state index contributed by atoms with van der Waals surface area (Å²) >= 11 is 13.8. The van der Waals surface area contributed by atoms with Crippen LogP contribution in [0.1, 0.15) is 21.3 Å². The van der Waals surface area contributed by atoms with E-state index in [4.69, 9.17) is 27.9 Å². The molecule has 8 heteroatoms. The van der Waals surface area contributed by atoms with E-state index in [0.717, 1.165) is 5.56 Å². The Morgan fingerprint density at radius 3 is 2.64 bits per heavy atom. The number of hydrogen-bond acceptors (Lipinski definition) is 4. The van der Waals surface area contributed by atoms with Crippen LogP contribution in [0.15, 0.2) is 48.5 Å². The number of hydrogen-bond donors (Lipinski definition) is 1. The monoisotopic (exact) mass is 438 g/mol. The summed E-state index contributed by atoms with van der Waals surface area (Å²) in [5.41, 5.74) is 1.28. The third-order valence-electron chi connectivity index (χ3n) is 4.39. The van der Waals surface area contributed by atoms with E-state index in [9.17, 15) is 9.59 Å². The third kappa shape index (κ3) is 4.63. The summed E-state index contributed by atoms with van der Waals surface area (Å²) in [6, 6.07) is 13.8. The van der Waals surface area contributed by atoms with Crippen LogP contribution in [0, 0.1) is 0 Å². The smallest absolute Gasteiger partial charge is 0.257 e. The van der Waals surface area contributed by atoms with Gasteiger partial charge in [0.2, 0.25) is 5.91 Å². The van der Waals surface area contributed by atoms with Crippen molar-refractivity contribution in [3.05, 3.63) is 69.7 Å². The van der Waals surface area contributed by atoms with E-state index in [1.54, 1.807) is 35.9 Å². The number of thioether (sulfide) groups is 1. The molecule has 1 N–H and O–H groups in total. The highest BCUT2D eigenvalue weighted by atomic mass is 35.5. The molecule has 148 valence electrons. The van der Waals surface area contributed by atoms with Gasteiger partial charge >= 0.3 is 0 Å². The van der Waals surface area contributed by atoms with E-state index in [-0.39, 0.29) is 22.2 Å². The second-order valence-corrected chi connectivity index (χ2v) is 8.19. The molecule has 0 spiro atoms. The van der Waals surface area contributed by atoms with E-state index in [1.807, 2.05) is 30.3 Å². The van der Waals surface area contributed by atoms with Crippen LogP contribution in [0.3, 0.4) is 0 Å². The van der Waals surface area contributed by atoms with Crippen molar-refractivity contribution in [2.75, 3.05) is 26.0 Å². The SMILES string of the molecule is COCCNC(=O)C1CSC(c2ccccc2)N1C(=O)c1ccc(Cl)cc1Cl. The Kier molecular flexibility index (Phi) is 7.24. The molecule has 0 radical (unpaired) electrons. The molecule has 1 aliphatic heterocycles. The summed E-state index contributed by atoms with van der Waals surface area (Å²) in [6.07, 6.45) is 0. The molecule has 0 bridgehead atoms. The van der Waals surface area contributed by atoms with Gasteiger partial charge in [0, 0.05) is 24.4 Å². The fourth-order valence-corrected chi connectivity index (χ4v) is 4.95. The van der Waals surface area contributed by atoms with Gasteiger partial charge in [0.25, 0.3) is 5.91 Å². The quantitative estimate of drug-likeness (QED) is 0.691. The zero-order valence-corrected chi connectivity index (χ0v) is 17.6. The molecule has 2 amide bonds. The number of amides is 2. The van der Waals surface area contributed by atoms with Crippen molar-refractivity contribution >= 4 is 46.8 Å². The Morgan fingerprint density at radius 2 is 1.96 bits per heavy atom. The van der Waals surface area contributed by atoms with Crippen molar-refractivity contribution in [3.8, 4) is 0 Å². The average Bonchev–Trinajstić information content (AvgIpc) is 3.13. The maximum absolute atomic E-state index is 13.4. The molecular weight excluding hydrogens is 419 g/mol. The summed E-state index contributed by atoms with van der Waals surface area (Å²) < 4.78 is 4.99. The Labute approximate surface area is 178 Å². The predicted octanol–water partition coefficient (Wildman–Crippen LogP) is 4.01. The molecular formula is C20H20Cl2N2O3S. The van der Waals surface area contributed by atoms with Gasteiger partial charge in [0.1, 0.15) is 11.4 Å². The Bertz CT molecular complexity index is 851. The molecule has 2 atom stereocenters. The van der Waals surface area contributed by atoms with Gasteiger partial charge in [-0.15, -0.1) is 11.8 Å². The molecule has 5 nitrogen and oxygen atoms in total. The van der Waals surface area contributed by atoms with E-state index >= 15 is 0 Å². The zero-order chi connectivity index (χ0) is 20.1. The van der Waals surface area contributed by atoms with Crippen molar-refractivity contribution in [2.24, 2.45) is 0 Å². The maximum atomic E-state index is 13.4. The fourth-order valence-electron chi connectivity index (χ4n) is 3.03. The molecule has 2 aromatic rings. The normalized spacial score (nSPS) is 18.9. The number of benzene rings is 2. The highest BCUT2D eigenvalue weighted by molar-refractivity contribution is 7.99. The minimum absolute atomic E-state index is 0.207. The highest BCUT2D eigenvalue weighted by Crippen LogP contribution is 2.42. The number of nitrogens with one attached hydrogen (secondary N) is 1. The molecule has 2 aromatic carbocycles. The van der Waals surface area contributed by atoms with Crippen molar-refractivity contribution in [2.45, 2.75) is 11.4 Å². The van der Waals surface area contributed by atoms with Crippen molar-refractivity contribution in [1.29, 1.82) is 0 Å². The number of nitrogens with zero attached hydrogens (tertiary/aromatic N) is 1. The van der Waals surface area contributed by atoms with E-state index in [1.165, 1.54) is 6.07 Å². The van der Waals surface area contributed by atoms with Gasteiger partial charge in [-0.3, -0.25) is 9.59 Å². The molecule has 1 heterocycles. The van der Waals surface area contributed by atoms with Gasteiger partial charge in [-0.2, -0.15) is 0 Å². The highest BCUT2D eigenvalue weighted by Gasteiger charge is 2.42. The van der Waals surface area contributed by atoms with Crippen LogP contribution in [-0.4, -0.2) is 48.8 Å². The molecule has 0 aliphatic carbocycles. The first-order chi connectivity index (χ1) is 13.5. The topological polar surface area (TPSA) is 58.6 Å². The van der Waals surface area contributed by atoms with Crippen LogP contribution < -0.4 is 5.32 Å². The fraction of sp³-hybridized carbons (Fsp3) is 0.300. The molecule has 1 aliphatic rings. The largest absolute Gasteiger partial charge is 0.383 e. The first-order valence-electron chi connectivity index (χ1n) is 8.74. The lowest BCUT2D eigenvalue weighted by Crippen LogP contribution is -2.48. The van der Waals surface area contributed by atoms with Crippen LogP contribution in [0.25, 0.3) is 0 Å². The third-order valence-corrected chi connectivity index (χ3v) is 6.26. The summed E-state index contributed by atoms with van der Waals surface area (Å²) in [7, 11) is 1.57. The number of ether oxygens (including phenoxy) is 1. The van der Waals surface area contributed by atoms with Gasteiger partial charge in [0.15, 0.2) is 0 Å². The molecule has 28 heavy (non-hydrogen) atoms. The van der Waals surface area contributed by atoms with Crippen LogP contribution in [0.2, 0.25) is 10.0 Å². The van der Waals surface area contributed by atoms with Crippen molar-refractivity contribution in [3.63, 3.8) is 0 Å². The van der Waals surface area contributed by atoms with E-state index in [0.29, 0.717) is 29.5 Å².